The van der Waals surface area contributed by atoms with E-state index in [4.69, 9.17) is 0 Å². The fourth-order valence-corrected chi connectivity index (χ4v) is 3.08. The second kappa shape index (κ2) is 7.14. The number of hydrogen-bond donors (Lipinski definition) is 1. The largest absolute Gasteiger partial charge is 0.480 e. The lowest BCUT2D eigenvalue weighted by molar-refractivity contribution is -0.137. The van der Waals surface area contributed by atoms with Crippen molar-refractivity contribution in [3.05, 3.63) is 58.7 Å². The maximum atomic E-state index is 13.2. The van der Waals surface area contributed by atoms with Crippen molar-refractivity contribution in [2.24, 2.45) is 7.05 Å². The number of carbonyl (C=O) groups is 2. The summed E-state index contributed by atoms with van der Waals surface area (Å²) in [4.78, 5) is 30.2. The smallest absolute Gasteiger partial charge is 0.323 e. The number of halogens is 1. The Morgan fingerprint density at radius 1 is 1.22 bits per heavy atom. The second-order valence-electron chi connectivity index (χ2n) is 6.40. The Hall–Kier alpha value is -3.29. The lowest BCUT2D eigenvalue weighted by atomic mass is 10.1. The third-order valence-corrected chi connectivity index (χ3v) is 4.23. The molecule has 0 aliphatic carbocycles. The van der Waals surface area contributed by atoms with E-state index in [1.165, 1.54) is 29.2 Å². The third-order valence-electron chi connectivity index (χ3n) is 4.23. The molecule has 0 saturated heterocycles. The van der Waals surface area contributed by atoms with Gasteiger partial charge >= 0.3 is 5.97 Å². The van der Waals surface area contributed by atoms with Gasteiger partial charge in [-0.15, -0.1) is 0 Å². The average molecular weight is 370 g/mol. The van der Waals surface area contributed by atoms with Crippen molar-refractivity contribution in [3.8, 4) is 0 Å². The number of benzene rings is 1. The first kappa shape index (κ1) is 18.5. The van der Waals surface area contributed by atoms with Crippen LogP contribution in [0.3, 0.4) is 0 Å². The van der Waals surface area contributed by atoms with Crippen LogP contribution in [0, 0.1) is 19.7 Å². The molecule has 0 unspecified atom stereocenters. The highest BCUT2D eigenvalue weighted by Gasteiger charge is 2.24. The molecule has 2 heterocycles. The summed E-state index contributed by atoms with van der Waals surface area (Å²) in [5, 5.41) is 14.2. The summed E-state index contributed by atoms with van der Waals surface area (Å²) in [6.07, 6.45) is 0. The molecule has 0 radical (unpaired) electrons. The van der Waals surface area contributed by atoms with Crippen LogP contribution in [0.2, 0.25) is 0 Å². The van der Waals surface area contributed by atoms with E-state index in [0.717, 1.165) is 0 Å². The van der Waals surface area contributed by atoms with Crippen LogP contribution in [-0.4, -0.2) is 43.2 Å². The zero-order chi connectivity index (χ0) is 19.7. The molecular weight excluding hydrogens is 351 g/mol. The number of carboxylic acid groups (broad SMARTS) is 1. The molecular formula is C19H19FN4O3. The SMILES string of the molecule is Cc1cc(C(=O)N(CC(=O)O)Cc2ccc(F)cc2)c2c(C)nn(C)c2n1. The molecule has 140 valence electrons. The number of aryl methyl sites for hydroxylation is 3. The van der Waals surface area contributed by atoms with E-state index in [2.05, 4.69) is 10.1 Å². The average Bonchev–Trinajstić information content (AvgIpc) is 2.88. The Balaban J connectivity index is 2.05. The Morgan fingerprint density at radius 2 is 1.89 bits per heavy atom. The van der Waals surface area contributed by atoms with Gasteiger partial charge in [0.2, 0.25) is 0 Å². The molecule has 3 aromatic rings. The van der Waals surface area contributed by atoms with Crippen molar-refractivity contribution in [2.75, 3.05) is 6.54 Å². The van der Waals surface area contributed by atoms with Crippen LogP contribution >= 0.6 is 0 Å². The van der Waals surface area contributed by atoms with Crippen molar-refractivity contribution >= 4 is 22.9 Å². The topological polar surface area (TPSA) is 88.3 Å². The van der Waals surface area contributed by atoms with E-state index in [-0.39, 0.29) is 6.54 Å². The minimum absolute atomic E-state index is 0.0492. The Bertz CT molecular complexity index is 1030. The first-order valence-corrected chi connectivity index (χ1v) is 8.32. The number of nitrogens with zero attached hydrogens (tertiary/aromatic N) is 4. The van der Waals surface area contributed by atoms with Crippen LogP contribution in [-0.2, 0) is 18.4 Å². The summed E-state index contributed by atoms with van der Waals surface area (Å²) in [5.41, 5.74) is 2.82. The molecule has 7 nitrogen and oxygen atoms in total. The number of aromatic nitrogens is 3. The van der Waals surface area contributed by atoms with Gasteiger partial charge in [0.05, 0.1) is 16.6 Å². The molecule has 1 N–H and O–H groups in total. The highest BCUT2D eigenvalue weighted by Crippen LogP contribution is 2.23. The normalized spacial score (nSPS) is 11.0. The molecule has 3 rings (SSSR count). The Morgan fingerprint density at radius 3 is 2.52 bits per heavy atom. The monoisotopic (exact) mass is 370 g/mol. The van der Waals surface area contributed by atoms with Crippen molar-refractivity contribution in [1.82, 2.24) is 19.7 Å². The van der Waals surface area contributed by atoms with E-state index in [1.807, 2.05) is 0 Å². The Labute approximate surface area is 155 Å². The lowest BCUT2D eigenvalue weighted by Gasteiger charge is -2.21. The summed E-state index contributed by atoms with van der Waals surface area (Å²) < 4.78 is 14.7. The summed E-state index contributed by atoms with van der Waals surface area (Å²) in [5.74, 6) is -1.96. The van der Waals surface area contributed by atoms with Gasteiger partial charge < -0.3 is 10.0 Å². The van der Waals surface area contributed by atoms with Crippen LogP contribution < -0.4 is 0 Å². The first-order chi connectivity index (χ1) is 12.8. The molecule has 0 saturated carbocycles. The van der Waals surface area contributed by atoms with Crippen LogP contribution in [0.5, 0.6) is 0 Å². The van der Waals surface area contributed by atoms with Gasteiger partial charge in [0.25, 0.3) is 5.91 Å². The molecule has 2 aromatic heterocycles. The zero-order valence-electron chi connectivity index (χ0n) is 15.2. The number of fused-ring (bicyclic) bond motifs is 1. The van der Waals surface area contributed by atoms with Crippen molar-refractivity contribution in [2.45, 2.75) is 20.4 Å². The molecule has 1 amide bonds. The van der Waals surface area contributed by atoms with Gasteiger partial charge in [-0.2, -0.15) is 5.10 Å². The number of hydrogen-bond acceptors (Lipinski definition) is 4. The summed E-state index contributed by atoms with van der Waals surface area (Å²) in [6.45, 7) is 3.11. The lowest BCUT2D eigenvalue weighted by Crippen LogP contribution is -2.35. The molecule has 0 fully saturated rings. The molecule has 0 aliphatic rings. The van der Waals surface area contributed by atoms with Crippen LogP contribution in [0.15, 0.2) is 30.3 Å². The number of amides is 1. The van der Waals surface area contributed by atoms with Gasteiger partial charge in [-0.05, 0) is 37.6 Å². The number of pyridine rings is 1. The van der Waals surface area contributed by atoms with E-state index >= 15 is 0 Å². The molecule has 0 bridgehead atoms. The highest BCUT2D eigenvalue weighted by molar-refractivity contribution is 6.07. The van der Waals surface area contributed by atoms with Crippen molar-refractivity contribution in [3.63, 3.8) is 0 Å². The van der Waals surface area contributed by atoms with Gasteiger partial charge in [0.1, 0.15) is 12.4 Å². The van der Waals surface area contributed by atoms with Crippen LogP contribution in [0.4, 0.5) is 4.39 Å². The van der Waals surface area contributed by atoms with E-state index in [0.29, 0.717) is 33.5 Å². The number of rotatable bonds is 5. The second-order valence-corrected chi connectivity index (χ2v) is 6.40. The van der Waals surface area contributed by atoms with Crippen molar-refractivity contribution < 1.29 is 19.1 Å². The van der Waals surface area contributed by atoms with Gasteiger partial charge in [-0.3, -0.25) is 14.3 Å². The molecule has 0 atom stereocenters. The quantitative estimate of drug-likeness (QED) is 0.745. The standard InChI is InChI=1S/C19H19FN4O3/c1-11-8-15(17-12(2)22-23(3)18(17)21-11)19(27)24(10-16(25)26)9-13-4-6-14(20)7-5-13/h4-8H,9-10H2,1-3H3,(H,25,26). The highest BCUT2D eigenvalue weighted by atomic mass is 19.1. The van der Waals surface area contributed by atoms with Gasteiger partial charge in [0.15, 0.2) is 5.65 Å². The van der Waals surface area contributed by atoms with Crippen LogP contribution in [0.1, 0.15) is 27.3 Å². The molecule has 27 heavy (non-hydrogen) atoms. The minimum atomic E-state index is -1.13. The fourth-order valence-electron chi connectivity index (χ4n) is 3.08. The molecule has 0 aliphatic heterocycles. The number of aliphatic carboxylic acids is 1. The molecule has 0 spiro atoms. The minimum Gasteiger partial charge on any atom is -0.480 e. The zero-order valence-corrected chi connectivity index (χ0v) is 15.2. The van der Waals surface area contributed by atoms with Gasteiger partial charge in [-0.25, -0.2) is 9.37 Å². The van der Waals surface area contributed by atoms with Gasteiger partial charge in [-0.1, -0.05) is 12.1 Å². The van der Waals surface area contributed by atoms with E-state index in [9.17, 15) is 19.1 Å². The maximum absolute atomic E-state index is 13.2. The molecule has 1 aromatic carbocycles. The Kier molecular flexibility index (Phi) is 4.89. The van der Waals surface area contributed by atoms with Crippen molar-refractivity contribution in [1.29, 1.82) is 0 Å². The summed E-state index contributed by atoms with van der Waals surface area (Å²) >= 11 is 0. The summed E-state index contributed by atoms with van der Waals surface area (Å²) in [7, 11) is 1.74. The first-order valence-electron chi connectivity index (χ1n) is 8.32. The predicted octanol–water partition coefficient (Wildman–Crippen LogP) is 2.45. The maximum Gasteiger partial charge on any atom is 0.323 e. The summed E-state index contributed by atoms with van der Waals surface area (Å²) in [6, 6.07) is 7.25. The molecule has 8 heteroatoms. The van der Waals surface area contributed by atoms with Crippen LogP contribution in [0.25, 0.3) is 11.0 Å². The fraction of sp³-hybridized carbons (Fsp3) is 0.263. The third kappa shape index (κ3) is 3.79. The number of carboxylic acids is 1. The predicted molar refractivity (Wildman–Crippen MR) is 96.8 cm³/mol. The van der Waals surface area contributed by atoms with E-state index in [1.54, 1.807) is 31.6 Å². The van der Waals surface area contributed by atoms with E-state index < -0.39 is 24.2 Å². The van der Waals surface area contributed by atoms with Gasteiger partial charge in [0, 0.05) is 19.3 Å². The number of carbonyl (C=O) groups excluding carboxylic acids is 1.